The Labute approximate surface area is 128 Å². The predicted octanol–water partition coefficient (Wildman–Crippen LogP) is 3.80. The molecule has 3 atom stereocenters. The number of ether oxygens (including phenoxy) is 1. The lowest BCUT2D eigenvalue weighted by Gasteiger charge is -2.21. The lowest BCUT2D eigenvalue weighted by Crippen LogP contribution is -2.31. The van der Waals surface area contributed by atoms with Crippen molar-refractivity contribution in [2.75, 3.05) is 6.61 Å². The normalized spacial score (nSPS) is 23.3. The first-order chi connectivity index (χ1) is 9.99. The molecule has 116 valence electrons. The van der Waals surface area contributed by atoms with Gasteiger partial charge in [-0.1, -0.05) is 45.0 Å². The molecule has 3 heteroatoms. The molecule has 1 aromatic rings. The third-order valence-corrected chi connectivity index (χ3v) is 4.39. The van der Waals surface area contributed by atoms with Crippen LogP contribution in [0.25, 0.3) is 0 Å². The zero-order valence-corrected chi connectivity index (χ0v) is 13.6. The van der Waals surface area contributed by atoms with Crippen molar-refractivity contribution < 1.29 is 9.53 Å². The molecule has 0 aliphatic carbocycles. The molecule has 21 heavy (non-hydrogen) atoms. The van der Waals surface area contributed by atoms with Gasteiger partial charge < -0.3 is 10.1 Å². The monoisotopic (exact) mass is 289 g/mol. The lowest BCUT2D eigenvalue weighted by atomic mass is 9.93. The molecule has 1 heterocycles. The van der Waals surface area contributed by atoms with Crippen molar-refractivity contribution >= 4 is 5.91 Å². The maximum atomic E-state index is 12.2. The molecule has 1 saturated heterocycles. The molecular formula is C18H27NO2. The van der Waals surface area contributed by atoms with Crippen LogP contribution in [0.1, 0.15) is 63.6 Å². The molecule has 2 rings (SSSR count). The molecule has 0 spiro atoms. The summed E-state index contributed by atoms with van der Waals surface area (Å²) in [7, 11) is 0. The fourth-order valence-electron chi connectivity index (χ4n) is 3.01. The summed E-state index contributed by atoms with van der Waals surface area (Å²) in [4.78, 5) is 12.2. The van der Waals surface area contributed by atoms with Gasteiger partial charge in [-0.15, -0.1) is 0 Å². The van der Waals surface area contributed by atoms with Crippen LogP contribution in [-0.4, -0.2) is 18.6 Å². The van der Waals surface area contributed by atoms with Gasteiger partial charge in [-0.05, 0) is 36.3 Å². The van der Waals surface area contributed by atoms with Crippen LogP contribution in [-0.2, 0) is 9.53 Å². The van der Waals surface area contributed by atoms with E-state index in [0.29, 0.717) is 18.3 Å². The van der Waals surface area contributed by atoms with Gasteiger partial charge in [0.15, 0.2) is 0 Å². The molecule has 0 radical (unpaired) electrons. The standard InChI is InChI=1S/C18H27NO2/c1-12(2)15-7-5-6-8-16(15)14(4)19-18(20)11-17-13(3)9-10-21-17/h5-8,12-14,17H,9-11H2,1-4H3,(H,19,20). The van der Waals surface area contributed by atoms with E-state index in [1.54, 1.807) is 0 Å². The van der Waals surface area contributed by atoms with E-state index in [1.165, 1.54) is 11.1 Å². The molecule has 3 unspecified atom stereocenters. The van der Waals surface area contributed by atoms with Crippen molar-refractivity contribution in [1.29, 1.82) is 0 Å². The molecule has 0 aromatic heterocycles. The molecule has 1 N–H and O–H groups in total. The molecule has 1 aromatic carbocycles. The summed E-state index contributed by atoms with van der Waals surface area (Å²) in [6.07, 6.45) is 1.61. The van der Waals surface area contributed by atoms with Crippen LogP contribution in [0.3, 0.4) is 0 Å². The van der Waals surface area contributed by atoms with Crippen molar-refractivity contribution in [1.82, 2.24) is 5.32 Å². The molecule has 1 aliphatic rings. The maximum absolute atomic E-state index is 12.2. The van der Waals surface area contributed by atoms with E-state index in [9.17, 15) is 4.79 Å². The lowest BCUT2D eigenvalue weighted by molar-refractivity contribution is -0.124. The smallest absolute Gasteiger partial charge is 0.223 e. The average Bonchev–Trinajstić information content (AvgIpc) is 2.84. The molecule has 3 nitrogen and oxygen atoms in total. The summed E-state index contributed by atoms with van der Waals surface area (Å²) >= 11 is 0. The number of carbonyl (C=O) groups excluding carboxylic acids is 1. The number of hydrogen-bond acceptors (Lipinski definition) is 2. The minimum atomic E-state index is 0.0350. The zero-order valence-electron chi connectivity index (χ0n) is 13.6. The summed E-state index contributed by atoms with van der Waals surface area (Å²) in [5, 5.41) is 3.12. The number of amides is 1. The van der Waals surface area contributed by atoms with E-state index in [0.717, 1.165) is 13.0 Å². The van der Waals surface area contributed by atoms with Crippen LogP contribution in [0.4, 0.5) is 0 Å². The van der Waals surface area contributed by atoms with Crippen molar-refractivity contribution in [3.05, 3.63) is 35.4 Å². The number of rotatable bonds is 5. The SMILES string of the molecule is CC(C)c1ccccc1C(C)NC(=O)CC1OCCC1C. The van der Waals surface area contributed by atoms with E-state index in [-0.39, 0.29) is 18.1 Å². The van der Waals surface area contributed by atoms with Crippen molar-refractivity contribution in [3.63, 3.8) is 0 Å². The molecule has 0 saturated carbocycles. The Hall–Kier alpha value is -1.35. The highest BCUT2D eigenvalue weighted by molar-refractivity contribution is 5.77. The summed E-state index contributed by atoms with van der Waals surface area (Å²) in [6.45, 7) is 9.36. The zero-order chi connectivity index (χ0) is 15.4. The first kappa shape index (κ1) is 16.0. The van der Waals surface area contributed by atoms with Gasteiger partial charge in [0.1, 0.15) is 0 Å². The van der Waals surface area contributed by atoms with Crippen LogP contribution < -0.4 is 5.32 Å². The first-order valence-electron chi connectivity index (χ1n) is 7.98. The van der Waals surface area contributed by atoms with Gasteiger partial charge in [-0.2, -0.15) is 0 Å². The Morgan fingerprint density at radius 2 is 1.95 bits per heavy atom. The van der Waals surface area contributed by atoms with E-state index >= 15 is 0 Å². The van der Waals surface area contributed by atoms with Gasteiger partial charge in [0, 0.05) is 6.61 Å². The van der Waals surface area contributed by atoms with Gasteiger partial charge in [0.05, 0.1) is 18.6 Å². The van der Waals surface area contributed by atoms with Crippen LogP contribution in [0, 0.1) is 5.92 Å². The Balaban J connectivity index is 1.97. The summed E-state index contributed by atoms with van der Waals surface area (Å²) in [6, 6.07) is 8.38. The fourth-order valence-corrected chi connectivity index (χ4v) is 3.01. The summed E-state index contributed by atoms with van der Waals surface area (Å²) in [5.41, 5.74) is 2.51. The van der Waals surface area contributed by atoms with Gasteiger partial charge in [-0.25, -0.2) is 0 Å². The topological polar surface area (TPSA) is 38.3 Å². The third-order valence-electron chi connectivity index (χ3n) is 4.39. The van der Waals surface area contributed by atoms with Gasteiger partial charge >= 0.3 is 0 Å². The predicted molar refractivity (Wildman–Crippen MR) is 85.2 cm³/mol. The Morgan fingerprint density at radius 3 is 2.52 bits per heavy atom. The number of benzene rings is 1. The van der Waals surface area contributed by atoms with Crippen LogP contribution >= 0.6 is 0 Å². The highest BCUT2D eigenvalue weighted by Crippen LogP contribution is 2.26. The van der Waals surface area contributed by atoms with Crippen LogP contribution in [0.15, 0.2) is 24.3 Å². The largest absolute Gasteiger partial charge is 0.377 e. The highest BCUT2D eigenvalue weighted by atomic mass is 16.5. The highest BCUT2D eigenvalue weighted by Gasteiger charge is 2.27. The minimum absolute atomic E-state index is 0.0350. The van der Waals surface area contributed by atoms with Crippen molar-refractivity contribution in [2.45, 2.75) is 58.6 Å². The second kappa shape index (κ2) is 7.08. The fraction of sp³-hybridized carbons (Fsp3) is 0.611. The number of carbonyl (C=O) groups is 1. The van der Waals surface area contributed by atoms with Gasteiger partial charge in [0.2, 0.25) is 5.91 Å². The molecule has 0 bridgehead atoms. The van der Waals surface area contributed by atoms with E-state index in [2.05, 4.69) is 51.2 Å². The number of nitrogens with one attached hydrogen (secondary N) is 1. The average molecular weight is 289 g/mol. The number of hydrogen-bond donors (Lipinski definition) is 1. The molecule has 1 amide bonds. The van der Waals surface area contributed by atoms with Crippen LogP contribution in [0.2, 0.25) is 0 Å². The van der Waals surface area contributed by atoms with E-state index in [4.69, 9.17) is 4.74 Å². The second-order valence-corrected chi connectivity index (χ2v) is 6.45. The summed E-state index contributed by atoms with van der Waals surface area (Å²) in [5.74, 6) is 1.02. The first-order valence-corrected chi connectivity index (χ1v) is 7.98. The molecule has 1 aliphatic heterocycles. The van der Waals surface area contributed by atoms with E-state index < -0.39 is 0 Å². The molecule has 1 fully saturated rings. The van der Waals surface area contributed by atoms with E-state index in [1.807, 2.05) is 6.07 Å². The Bertz CT molecular complexity index is 484. The van der Waals surface area contributed by atoms with Crippen molar-refractivity contribution in [3.8, 4) is 0 Å². The maximum Gasteiger partial charge on any atom is 0.223 e. The van der Waals surface area contributed by atoms with Gasteiger partial charge in [0.25, 0.3) is 0 Å². The Kier molecular flexibility index (Phi) is 5.40. The van der Waals surface area contributed by atoms with Crippen LogP contribution in [0.5, 0.6) is 0 Å². The third kappa shape index (κ3) is 4.07. The summed E-state index contributed by atoms with van der Waals surface area (Å²) < 4.78 is 5.62. The molecular weight excluding hydrogens is 262 g/mol. The quantitative estimate of drug-likeness (QED) is 0.895. The Morgan fingerprint density at radius 1 is 1.29 bits per heavy atom. The second-order valence-electron chi connectivity index (χ2n) is 6.45. The van der Waals surface area contributed by atoms with Crippen molar-refractivity contribution in [2.24, 2.45) is 5.92 Å². The minimum Gasteiger partial charge on any atom is -0.377 e. The van der Waals surface area contributed by atoms with Gasteiger partial charge in [-0.3, -0.25) is 4.79 Å².